The van der Waals surface area contributed by atoms with Gasteiger partial charge < -0.3 is 10.1 Å². The molecule has 106 valence electrons. The first-order chi connectivity index (χ1) is 10.3. The Morgan fingerprint density at radius 1 is 1.05 bits per heavy atom. The van der Waals surface area contributed by atoms with Crippen molar-refractivity contribution in [3.05, 3.63) is 60.3 Å². The fraction of sp³-hybridized carbons (Fsp3) is 0.176. The average molecular weight is 279 g/mol. The number of benzene rings is 2. The van der Waals surface area contributed by atoms with Gasteiger partial charge in [0.25, 0.3) is 0 Å². The van der Waals surface area contributed by atoms with Crippen molar-refractivity contribution in [2.45, 2.75) is 13.0 Å². The van der Waals surface area contributed by atoms with E-state index in [0.29, 0.717) is 5.95 Å². The largest absolute Gasteiger partial charge is 0.497 e. The summed E-state index contributed by atoms with van der Waals surface area (Å²) < 4.78 is 5.17. The van der Waals surface area contributed by atoms with Gasteiger partial charge in [0, 0.05) is 11.6 Å². The summed E-state index contributed by atoms with van der Waals surface area (Å²) in [6, 6.07) is 16.1. The summed E-state index contributed by atoms with van der Waals surface area (Å²) in [5, 5.41) is 4.37. The van der Waals surface area contributed by atoms with Crippen LogP contribution >= 0.6 is 0 Å². The van der Waals surface area contributed by atoms with Gasteiger partial charge in [-0.2, -0.15) is 0 Å². The molecule has 0 bridgehead atoms. The first kappa shape index (κ1) is 13.4. The number of para-hydroxylation sites is 1. The molecule has 3 aromatic rings. The molecule has 0 saturated carbocycles. The van der Waals surface area contributed by atoms with Crippen molar-refractivity contribution in [3.8, 4) is 5.75 Å². The molecule has 0 saturated heterocycles. The Kier molecular flexibility index (Phi) is 3.69. The second kappa shape index (κ2) is 5.79. The standard InChI is InChI=1S/C17H17N3O/c1-12(13-7-9-15(21-2)10-8-13)19-17-18-11-14-5-3-4-6-16(14)20-17/h3-12H,1-2H3,(H,18,19,20). The lowest BCUT2D eigenvalue weighted by Gasteiger charge is -2.14. The van der Waals surface area contributed by atoms with Crippen LogP contribution in [0.4, 0.5) is 5.95 Å². The van der Waals surface area contributed by atoms with Crippen LogP contribution in [0.15, 0.2) is 54.7 Å². The van der Waals surface area contributed by atoms with E-state index in [9.17, 15) is 0 Å². The van der Waals surface area contributed by atoms with E-state index in [1.807, 2.05) is 54.7 Å². The molecule has 0 aliphatic rings. The van der Waals surface area contributed by atoms with E-state index in [0.717, 1.165) is 22.2 Å². The van der Waals surface area contributed by atoms with Crippen LogP contribution in [0.25, 0.3) is 10.9 Å². The molecule has 0 amide bonds. The topological polar surface area (TPSA) is 47.0 Å². The molecule has 1 N–H and O–H groups in total. The van der Waals surface area contributed by atoms with Gasteiger partial charge in [-0.3, -0.25) is 0 Å². The van der Waals surface area contributed by atoms with Gasteiger partial charge in [0.1, 0.15) is 5.75 Å². The van der Waals surface area contributed by atoms with Crippen LogP contribution in [0.5, 0.6) is 5.75 Å². The normalized spacial score (nSPS) is 12.1. The number of nitrogens with zero attached hydrogens (tertiary/aromatic N) is 2. The zero-order valence-corrected chi connectivity index (χ0v) is 12.1. The van der Waals surface area contributed by atoms with E-state index in [1.54, 1.807) is 7.11 Å². The molecule has 1 unspecified atom stereocenters. The lowest BCUT2D eigenvalue weighted by Crippen LogP contribution is -2.09. The van der Waals surface area contributed by atoms with Crippen molar-refractivity contribution >= 4 is 16.9 Å². The number of nitrogens with one attached hydrogen (secondary N) is 1. The molecule has 4 nitrogen and oxygen atoms in total. The van der Waals surface area contributed by atoms with Gasteiger partial charge in [0.2, 0.25) is 5.95 Å². The predicted octanol–water partition coefficient (Wildman–Crippen LogP) is 3.81. The van der Waals surface area contributed by atoms with Gasteiger partial charge in [-0.1, -0.05) is 30.3 Å². The Labute approximate surface area is 123 Å². The summed E-state index contributed by atoms with van der Waals surface area (Å²) in [4.78, 5) is 8.89. The highest BCUT2D eigenvalue weighted by Gasteiger charge is 2.07. The Hall–Kier alpha value is -2.62. The molecule has 4 heteroatoms. The van der Waals surface area contributed by atoms with Crippen LogP contribution in [0.3, 0.4) is 0 Å². The minimum absolute atomic E-state index is 0.122. The maximum Gasteiger partial charge on any atom is 0.223 e. The molecule has 0 radical (unpaired) electrons. The zero-order valence-electron chi connectivity index (χ0n) is 12.1. The minimum atomic E-state index is 0.122. The van der Waals surface area contributed by atoms with Gasteiger partial charge in [0.15, 0.2) is 0 Å². The first-order valence-electron chi connectivity index (χ1n) is 6.88. The smallest absolute Gasteiger partial charge is 0.223 e. The second-order valence-electron chi connectivity index (χ2n) is 4.89. The first-order valence-corrected chi connectivity index (χ1v) is 6.88. The van der Waals surface area contributed by atoms with E-state index in [2.05, 4.69) is 22.2 Å². The molecule has 1 aromatic heterocycles. The molecule has 0 aliphatic carbocycles. The third-order valence-electron chi connectivity index (χ3n) is 3.45. The number of aromatic nitrogens is 2. The van der Waals surface area contributed by atoms with Gasteiger partial charge in [0.05, 0.1) is 18.7 Å². The summed E-state index contributed by atoms with van der Waals surface area (Å²) in [7, 11) is 1.67. The Morgan fingerprint density at radius 3 is 2.57 bits per heavy atom. The van der Waals surface area contributed by atoms with Crippen molar-refractivity contribution in [2.75, 3.05) is 12.4 Å². The predicted molar refractivity (Wildman–Crippen MR) is 84.6 cm³/mol. The van der Waals surface area contributed by atoms with Gasteiger partial charge >= 0.3 is 0 Å². The number of anilines is 1. The highest BCUT2D eigenvalue weighted by Crippen LogP contribution is 2.21. The van der Waals surface area contributed by atoms with Gasteiger partial charge in [-0.05, 0) is 30.7 Å². The maximum atomic E-state index is 5.17. The van der Waals surface area contributed by atoms with Crippen molar-refractivity contribution < 1.29 is 4.74 Å². The molecule has 2 aromatic carbocycles. The molecule has 1 heterocycles. The third-order valence-corrected chi connectivity index (χ3v) is 3.45. The number of hydrogen-bond acceptors (Lipinski definition) is 4. The van der Waals surface area contributed by atoms with Gasteiger partial charge in [-0.15, -0.1) is 0 Å². The molecular formula is C17H17N3O. The number of rotatable bonds is 4. The van der Waals surface area contributed by atoms with E-state index < -0.39 is 0 Å². The fourth-order valence-electron chi connectivity index (χ4n) is 2.21. The Bertz CT molecular complexity index is 740. The summed E-state index contributed by atoms with van der Waals surface area (Å²) in [5.41, 5.74) is 2.10. The van der Waals surface area contributed by atoms with Crippen LogP contribution in [-0.2, 0) is 0 Å². The highest BCUT2D eigenvalue weighted by molar-refractivity contribution is 5.78. The van der Waals surface area contributed by atoms with E-state index in [1.165, 1.54) is 0 Å². The lowest BCUT2D eigenvalue weighted by molar-refractivity contribution is 0.414. The van der Waals surface area contributed by atoms with Crippen molar-refractivity contribution in [1.82, 2.24) is 9.97 Å². The SMILES string of the molecule is COc1ccc(C(C)Nc2ncc3ccccc3n2)cc1. The van der Waals surface area contributed by atoms with Crippen LogP contribution < -0.4 is 10.1 Å². The third kappa shape index (κ3) is 2.94. The highest BCUT2D eigenvalue weighted by atomic mass is 16.5. The number of methoxy groups -OCH3 is 1. The van der Waals surface area contributed by atoms with Crippen LogP contribution in [0.1, 0.15) is 18.5 Å². The summed E-state index contributed by atoms with van der Waals surface area (Å²) in [5.74, 6) is 1.49. The fourth-order valence-corrected chi connectivity index (χ4v) is 2.21. The molecule has 0 aliphatic heterocycles. The average Bonchev–Trinajstić information content (AvgIpc) is 2.55. The Morgan fingerprint density at radius 2 is 1.81 bits per heavy atom. The number of ether oxygens (including phenoxy) is 1. The van der Waals surface area contributed by atoms with Crippen molar-refractivity contribution in [3.63, 3.8) is 0 Å². The molecule has 1 atom stereocenters. The molecule has 0 spiro atoms. The minimum Gasteiger partial charge on any atom is -0.497 e. The summed E-state index contributed by atoms with van der Waals surface area (Å²) in [6.07, 6.45) is 1.84. The molecule has 21 heavy (non-hydrogen) atoms. The van der Waals surface area contributed by atoms with E-state index >= 15 is 0 Å². The number of fused-ring (bicyclic) bond motifs is 1. The number of hydrogen-bond donors (Lipinski definition) is 1. The Balaban J connectivity index is 1.79. The van der Waals surface area contributed by atoms with E-state index in [-0.39, 0.29) is 6.04 Å². The van der Waals surface area contributed by atoms with Crippen LogP contribution in [-0.4, -0.2) is 17.1 Å². The quantitative estimate of drug-likeness (QED) is 0.789. The molecule has 3 rings (SSSR count). The van der Waals surface area contributed by atoms with Gasteiger partial charge in [-0.25, -0.2) is 9.97 Å². The zero-order chi connectivity index (χ0) is 14.7. The van der Waals surface area contributed by atoms with Crippen LogP contribution in [0.2, 0.25) is 0 Å². The van der Waals surface area contributed by atoms with Crippen LogP contribution in [0, 0.1) is 0 Å². The van der Waals surface area contributed by atoms with Crippen molar-refractivity contribution in [2.24, 2.45) is 0 Å². The van der Waals surface area contributed by atoms with E-state index in [4.69, 9.17) is 4.74 Å². The monoisotopic (exact) mass is 279 g/mol. The summed E-state index contributed by atoms with van der Waals surface area (Å²) in [6.45, 7) is 2.08. The molecular weight excluding hydrogens is 262 g/mol. The molecule has 0 fully saturated rings. The van der Waals surface area contributed by atoms with Crippen molar-refractivity contribution in [1.29, 1.82) is 0 Å². The second-order valence-corrected chi connectivity index (χ2v) is 4.89. The summed E-state index contributed by atoms with van der Waals surface area (Å²) >= 11 is 0. The maximum absolute atomic E-state index is 5.17. The lowest BCUT2D eigenvalue weighted by atomic mass is 10.1.